The summed E-state index contributed by atoms with van der Waals surface area (Å²) in [6.07, 6.45) is -4.44. The molecular weight excluding hydrogens is 297 g/mol. The van der Waals surface area contributed by atoms with E-state index in [1.165, 1.54) is 11.9 Å². The largest absolute Gasteiger partial charge is 0.416 e. The summed E-state index contributed by atoms with van der Waals surface area (Å²) in [6.45, 7) is 4.63. The lowest BCUT2D eigenvalue weighted by Gasteiger charge is -2.23. The van der Waals surface area contributed by atoms with Crippen LogP contribution in [-0.2, 0) is 11.0 Å². The van der Waals surface area contributed by atoms with Gasteiger partial charge >= 0.3 is 6.18 Å². The first-order valence-electron chi connectivity index (χ1n) is 6.91. The van der Waals surface area contributed by atoms with Crippen molar-refractivity contribution in [1.29, 1.82) is 0 Å². The third-order valence-electron chi connectivity index (χ3n) is 3.29. The van der Waals surface area contributed by atoms with Crippen LogP contribution in [0.4, 0.5) is 13.2 Å². The van der Waals surface area contributed by atoms with Gasteiger partial charge in [0.15, 0.2) is 0 Å². The van der Waals surface area contributed by atoms with Gasteiger partial charge in [0.05, 0.1) is 12.1 Å². The quantitative estimate of drug-likeness (QED) is 0.838. The Morgan fingerprint density at radius 3 is 1.95 bits per heavy atom. The molecule has 0 heterocycles. The Morgan fingerprint density at radius 1 is 1.05 bits per heavy atom. The molecule has 0 saturated carbocycles. The summed E-state index contributed by atoms with van der Waals surface area (Å²) in [6, 6.07) is 3.94. The van der Waals surface area contributed by atoms with Crippen molar-refractivity contribution in [2.75, 3.05) is 26.7 Å². The Labute approximate surface area is 127 Å². The standard InChI is InChI=1S/C15H19F3N2O2/c1-4-20(5-2)13(21)10-19(3)14(22)11-6-8-12(9-7-11)15(16,17)18/h6-9H,4-5,10H2,1-3H3. The molecule has 0 saturated heterocycles. The van der Waals surface area contributed by atoms with Crippen molar-refractivity contribution >= 4 is 11.8 Å². The van der Waals surface area contributed by atoms with E-state index in [0.29, 0.717) is 13.1 Å². The van der Waals surface area contributed by atoms with Crippen molar-refractivity contribution in [3.8, 4) is 0 Å². The molecule has 0 fully saturated rings. The minimum Gasteiger partial charge on any atom is -0.342 e. The maximum atomic E-state index is 12.5. The maximum Gasteiger partial charge on any atom is 0.416 e. The van der Waals surface area contributed by atoms with Crippen molar-refractivity contribution in [3.05, 3.63) is 35.4 Å². The van der Waals surface area contributed by atoms with Crippen molar-refractivity contribution in [1.82, 2.24) is 9.80 Å². The van der Waals surface area contributed by atoms with Crippen molar-refractivity contribution in [2.24, 2.45) is 0 Å². The first-order chi connectivity index (χ1) is 10.2. The zero-order valence-corrected chi connectivity index (χ0v) is 12.8. The number of halogens is 3. The number of carbonyl (C=O) groups excluding carboxylic acids is 2. The Hall–Kier alpha value is -2.05. The van der Waals surface area contributed by atoms with E-state index < -0.39 is 17.6 Å². The highest BCUT2D eigenvalue weighted by atomic mass is 19.4. The highest BCUT2D eigenvalue weighted by molar-refractivity contribution is 5.96. The van der Waals surface area contributed by atoms with Gasteiger partial charge in [-0.3, -0.25) is 9.59 Å². The highest BCUT2D eigenvalue weighted by Crippen LogP contribution is 2.29. The summed E-state index contributed by atoms with van der Waals surface area (Å²) < 4.78 is 37.4. The van der Waals surface area contributed by atoms with Crippen LogP contribution in [-0.4, -0.2) is 48.3 Å². The van der Waals surface area contributed by atoms with Crippen LogP contribution in [0, 0.1) is 0 Å². The molecule has 0 unspecified atom stereocenters. The van der Waals surface area contributed by atoms with Gasteiger partial charge < -0.3 is 9.80 Å². The maximum absolute atomic E-state index is 12.5. The van der Waals surface area contributed by atoms with Gasteiger partial charge in [-0.2, -0.15) is 13.2 Å². The second-order valence-electron chi connectivity index (χ2n) is 4.80. The van der Waals surface area contributed by atoms with Crippen LogP contribution in [0.5, 0.6) is 0 Å². The summed E-state index contributed by atoms with van der Waals surface area (Å²) in [5.74, 6) is -0.693. The third-order valence-corrected chi connectivity index (χ3v) is 3.29. The van der Waals surface area contributed by atoms with Crippen LogP contribution >= 0.6 is 0 Å². The molecule has 1 aromatic carbocycles. The van der Waals surface area contributed by atoms with Gasteiger partial charge in [0.1, 0.15) is 0 Å². The molecule has 2 amide bonds. The number of rotatable bonds is 5. The van der Waals surface area contributed by atoms with Gasteiger partial charge in [-0.05, 0) is 38.1 Å². The summed E-state index contributed by atoms with van der Waals surface area (Å²) in [5.41, 5.74) is -0.700. The number of benzene rings is 1. The van der Waals surface area contributed by atoms with E-state index in [4.69, 9.17) is 0 Å². The van der Waals surface area contributed by atoms with E-state index in [1.807, 2.05) is 13.8 Å². The Kier molecular flexibility index (Phi) is 5.96. The molecule has 0 N–H and O–H groups in total. The molecule has 4 nitrogen and oxygen atoms in total. The van der Waals surface area contributed by atoms with E-state index in [0.717, 1.165) is 24.3 Å². The number of nitrogens with zero attached hydrogens (tertiary/aromatic N) is 2. The number of amides is 2. The van der Waals surface area contributed by atoms with Crippen molar-refractivity contribution < 1.29 is 22.8 Å². The van der Waals surface area contributed by atoms with E-state index in [9.17, 15) is 22.8 Å². The van der Waals surface area contributed by atoms with Crippen LogP contribution in [0.25, 0.3) is 0 Å². The van der Waals surface area contributed by atoms with Crippen LogP contribution in [0.2, 0.25) is 0 Å². The lowest BCUT2D eigenvalue weighted by atomic mass is 10.1. The topological polar surface area (TPSA) is 40.6 Å². The molecule has 0 aliphatic heterocycles. The van der Waals surface area contributed by atoms with E-state index >= 15 is 0 Å². The lowest BCUT2D eigenvalue weighted by molar-refractivity contribution is -0.137. The number of alkyl halides is 3. The molecule has 0 bridgehead atoms. The Balaban J connectivity index is 2.77. The van der Waals surface area contributed by atoms with Gasteiger partial charge in [0, 0.05) is 25.7 Å². The summed E-state index contributed by atoms with van der Waals surface area (Å²) in [4.78, 5) is 26.8. The average molecular weight is 316 g/mol. The highest BCUT2D eigenvalue weighted by Gasteiger charge is 2.30. The van der Waals surface area contributed by atoms with Crippen LogP contribution < -0.4 is 0 Å². The van der Waals surface area contributed by atoms with Gasteiger partial charge in [0.2, 0.25) is 5.91 Å². The lowest BCUT2D eigenvalue weighted by Crippen LogP contribution is -2.41. The molecule has 122 valence electrons. The van der Waals surface area contributed by atoms with Crippen LogP contribution in [0.3, 0.4) is 0 Å². The van der Waals surface area contributed by atoms with Gasteiger partial charge in [0.25, 0.3) is 5.91 Å². The predicted octanol–water partition coefficient (Wildman–Crippen LogP) is 2.65. The second-order valence-corrected chi connectivity index (χ2v) is 4.80. The number of likely N-dealkylation sites (N-methyl/N-ethyl adjacent to an activating group) is 2. The molecule has 7 heteroatoms. The number of hydrogen-bond acceptors (Lipinski definition) is 2. The fourth-order valence-electron chi connectivity index (χ4n) is 1.97. The average Bonchev–Trinajstić information content (AvgIpc) is 2.46. The predicted molar refractivity (Wildman–Crippen MR) is 76.3 cm³/mol. The minimum atomic E-state index is -4.44. The zero-order chi connectivity index (χ0) is 16.9. The molecule has 0 radical (unpaired) electrons. The Bertz CT molecular complexity index is 523. The molecule has 0 spiro atoms. The smallest absolute Gasteiger partial charge is 0.342 e. The molecule has 0 aliphatic carbocycles. The van der Waals surface area contributed by atoms with E-state index in [2.05, 4.69) is 0 Å². The van der Waals surface area contributed by atoms with Crippen molar-refractivity contribution in [3.63, 3.8) is 0 Å². The van der Waals surface area contributed by atoms with Gasteiger partial charge in [-0.1, -0.05) is 0 Å². The molecular formula is C15H19F3N2O2. The molecule has 0 atom stereocenters. The molecule has 0 aromatic heterocycles. The molecule has 0 aliphatic rings. The van der Waals surface area contributed by atoms with Gasteiger partial charge in [-0.25, -0.2) is 0 Å². The fraction of sp³-hybridized carbons (Fsp3) is 0.467. The normalized spacial score (nSPS) is 11.2. The van der Waals surface area contributed by atoms with Gasteiger partial charge in [-0.15, -0.1) is 0 Å². The summed E-state index contributed by atoms with van der Waals surface area (Å²) >= 11 is 0. The summed E-state index contributed by atoms with van der Waals surface area (Å²) in [5, 5.41) is 0. The Morgan fingerprint density at radius 2 is 1.55 bits per heavy atom. The third kappa shape index (κ3) is 4.47. The monoisotopic (exact) mass is 316 g/mol. The molecule has 1 aromatic rings. The van der Waals surface area contributed by atoms with E-state index in [-0.39, 0.29) is 18.0 Å². The zero-order valence-electron chi connectivity index (χ0n) is 12.8. The van der Waals surface area contributed by atoms with Crippen molar-refractivity contribution in [2.45, 2.75) is 20.0 Å². The fourth-order valence-corrected chi connectivity index (χ4v) is 1.97. The first kappa shape index (κ1) is 18.0. The van der Waals surface area contributed by atoms with Crippen LogP contribution in [0.15, 0.2) is 24.3 Å². The van der Waals surface area contributed by atoms with E-state index in [1.54, 1.807) is 4.90 Å². The van der Waals surface area contributed by atoms with Crippen LogP contribution in [0.1, 0.15) is 29.8 Å². The molecule has 22 heavy (non-hydrogen) atoms. The second kappa shape index (κ2) is 7.29. The number of carbonyl (C=O) groups is 2. The first-order valence-corrected chi connectivity index (χ1v) is 6.91. The molecule has 1 rings (SSSR count). The minimum absolute atomic E-state index is 0.110. The number of hydrogen-bond donors (Lipinski definition) is 0. The SMILES string of the molecule is CCN(CC)C(=O)CN(C)C(=O)c1ccc(C(F)(F)F)cc1. The summed E-state index contributed by atoms with van der Waals surface area (Å²) in [7, 11) is 1.45.